The van der Waals surface area contributed by atoms with Gasteiger partial charge in [0.2, 0.25) is 0 Å². The van der Waals surface area contributed by atoms with Gasteiger partial charge in [0.25, 0.3) is 0 Å². The first-order chi connectivity index (χ1) is 8.66. The van der Waals surface area contributed by atoms with E-state index in [2.05, 4.69) is 6.92 Å². The van der Waals surface area contributed by atoms with E-state index in [1.165, 1.54) is 57.8 Å². The first-order valence-electron chi connectivity index (χ1n) is 8.38. The fourth-order valence-electron chi connectivity index (χ4n) is 6.46. The maximum absolute atomic E-state index is 11.5. The van der Waals surface area contributed by atoms with Gasteiger partial charge in [-0.05, 0) is 80.5 Å². The van der Waals surface area contributed by atoms with Gasteiger partial charge < -0.3 is 5.11 Å². The predicted molar refractivity (Wildman–Crippen MR) is 73.1 cm³/mol. The Hall–Kier alpha value is -0.0400. The van der Waals surface area contributed by atoms with Gasteiger partial charge in [0.15, 0.2) is 0 Å². The van der Waals surface area contributed by atoms with Gasteiger partial charge in [-0.1, -0.05) is 19.8 Å². The van der Waals surface area contributed by atoms with Crippen molar-refractivity contribution in [3.05, 3.63) is 0 Å². The minimum absolute atomic E-state index is 0.248. The largest absolute Gasteiger partial charge is 0.389 e. The van der Waals surface area contributed by atoms with Gasteiger partial charge in [0.05, 0.1) is 5.60 Å². The molecule has 5 aliphatic carbocycles. The Morgan fingerprint density at radius 3 is 1.94 bits per heavy atom. The van der Waals surface area contributed by atoms with Gasteiger partial charge in [0, 0.05) is 0 Å². The van der Waals surface area contributed by atoms with Crippen LogP contribution in [0.2, 0.25) is 0 Å². The number of hydrogen-bond acceptors (Lipinski definition) is 1. The summed E-state index contributed by atoms with van der Waals surface area (Å²) in [6, 6.07) is 0. The fourth-order valence-corrected chi connectivity index (χ4v) is 6.46. The minimum atomic E-state index is -0.248. The lowest BCUT2D eigenvalue weighted by Crippen LogP contribution is -2.61. The number of aliphatic hydroxyl groups is 1. The molecule has 4 bridgehead atoms. The first kappa shape index (κ1) is 11.8. The van der Waals surface area contributed by atoms with E-state index >= 15 is 0 Å². The summed E-state index contributed by atoms with van der Waals surface area (Å²) in [4.78, 5) is 0. The monoisotopic (exact) mass is 248 g/mol. The smallest absolute Gasteiger partial charge is 0.0732 e. The van der Waals surface area contributed by atoms with Crippen LogP contribution in [0.15, 0.2) is 0 Å². The van der Waals surface area contributed by atoms with Crippen molar-refractivity contribution in [1.29, 1.82) is 0 Å². The van der Waals surface area contributed by atoms with E-state index in [0.717, 1.165) is 17.8 Å². The second-order valence-corrected chi connectivity index (χ2v) is 8.16. The van der Waals surface area contributed by atoms with Crippen molar-refractivity contribution in [2.24, 2.45) is 35.5 Å². The molecule has 2 unspecified atom stereocenters. The molecule has 5 saturated carbocycles. The zero-order valence-electron chi connectivity index (χ0n) is 11.8. The van der Waals surface area contributed by atoms with Crippen LogP contribution >= 0.6 is 0 Å². The van der Waals surface area contributed by atoms with Gasteiger partial charge in [-0.2, -0.15) is 0 Å². The summed E-state index contributed by atoms with van der Waals surface area (Å²) in [5, 5.41) is 11.5. The summed E-state index contributed by atoms with van der Waals surface area (Å²) in [6.45, 7) is 2.39. The van der Waals surface area contributed by atoms with E-state index in [1.807, 2.05) is 0 Å². The van der Waals surface area contributed by atoms with Crippen LogP contribution in [0, 0.1) is 35.5 Å². The fraction of sp³-hybridized carbons (Fsp3) is 1.00. The molecule has 5 aliphatic rings. The van der Waals surface area contributed by atoms with Crippen molar-refractivity contribution in [1.82, 2.24) is 0 Å². The molecule has 0 spiro atoms. The highest BCUT2D eigenvalue weighted by Crippen LogP contribution is 2.62. The van der Waals surface area contributed by atoms with Crippen LogP contribution in [0.1, 0.15) is 64.7 Å². The SMILES string of the molecule is CC1CCCC(C2(O)C3CC4CC(C3)CC2C4)C1. The summed E-state index contributed by atoms with van der Waals surface area (Å²) < 4.78 is 0. The van der Waals surface area contributed by atoms with Crippen molar-refractivity contribution in [2.75, 3.05) is 0 Å². The van der Waals surface area contributed by atoms with E-state index in [0.29, 0.717) is 17.8 Å². The average molecular weight is 248 g/mol. The van der Waals surface area contributed by atoms with Crippen LogP contribution in [0.3, 0.4) is 0 Å². The van der Waals surface area contributed by atoms with Gasteiger partial charge in [-0.25, -0.2) is 0 Å². The number of hydrogen-bond donors (Lipinski definition) is 1. The predicted octanol–water partition coefficient (Wildman–Crippen LogP) is 4.00. The Morgan fingerprint density at radius 2 is 1.39 bits per heavy atom. The van der Waals surface area contributed by atoms with Gasteiger partial charge >= 0.3 is 0 Å². The number of rotatable bonds is 1. The Morgan fingerprint density at radius 1 is 0.778 bits per heavy atom. The maximum Gasteiger partial charge on any atom is 0.0732 e. The lowest BCUT2D eigenvalue weighted by atomic mass is 9.46. The Kier molecular flexibility index (Phi) is 2.60. The molecule has 0 heterocycles. The van der Waals surface area contributed by atoms with Crippen LogP contribution in [0.25, 0.3) is 0 Å². The molecule has 102 valence electrons. The molecule has 0 aromatic heterocycles. The van der Waals surface area contributed by atoms with Crippen LogP contribution in [0.5, 0.6) is 0 Å². The third-order valence-corrected chi connectivity index (χ3v) is 7.04. The molecule has 1 nitrogen and oxygen atoms in total. The van der Waals surface area contributed by atoms with Crippen LogP contribution in [-0.2, 0) is 0 Å². The van der Waals surface area contributed by atoms with Crippen molar-refractivity contribution >= 4 is 0 Å². The second-order valence-electron chi connectivity index (χ2n) is 8.16. The molecule has 1 N–H and O–H groups in total. The van der Waals surface area contributed by atoms with Crippen molar-refractivity contribution in [3.8, 4) is 0 Å². The van der Waals surface area contributed by atoms with Gasteiger partial charge in [-0.3, -0.25) is 0 Å². The van der Waals surface area contributed by atoms with Gasteiger partial charge in [0.1, 0.15) is 0 Å². The Bertz CT molecular complexity index is 307. The molecule has 5 fully saturated rings. The lowest BCUT2D eigenvalue weighted by molar-refractivity contribution is -0.209. The van der Waals surface area contributed by atoms with Crippen molar-refractivity contribution < 1.29 is 5.11 Å². The van der Waals surface area contributed by atoms with E-state index in [9.17, 15) is 5.11 Å². The molecule has 0 aliphatic heterocycles. The molecular formula is C17H28O. The van der Waals surface area contributed by atoms with E-state index in [-0.39, 0.29) is 5.60 Å². The molecule has 2 atom stereocenters. The normalized spacial score (nSPS) is 59.0. The third-order valence-electron chi connectivity index (χ3n) is 7.04. The minimum Gasteiger partial charge on any atom is -0.389 e. The molecule has 5 rings (SSSR count). The zero-order valence-corrected chi connectivity index (χ0v) is 11.8. The molecule has 18 heavy (non-hydrogen) atoms. The van der Waals surface area contributed by atoms with Crippen LogP contribution in [0.4, 0.5) is 0 Å². The average Bonchev–Trinajstić information content (AvgIpc) is 2.35. The molecule has 0 radical (unpaired) electrons. The third kappa shape index (κ3) is 1.55. The highest BCUT2D eigenvalue weighted by atomic mass is 16.3. The molecule has 0 aromatic rings. The highest BCUT2D eigenvalue weighted by molar-refractivity contribution is 5.09. The quantitative estimate of drug-likeness (QED) is 0.743. The molecular weight excluding hydrogens is 220 g/mol. The van der Waals surface area contributed by atoms with E-state index in [4.69, 9.17) is 0 Å². The molecule has 1 heteroatoms. The summed E-state index contributed by atoms with van der Waals surface area (Å²) in [5.74, 6) is 4.79. The van der Waals surface area contributed by atoms with Crippen molar-refractivity contribution in [2.45, 2.75) is 70.3 Å². The van der Waals surface area contributed by atoms with Gasteiger partial charge in [-0.15, -0.1) is 0 Å². The maximum atomic E-state index is 11.5. The highest BCUT2D eigenvalue weighted by Gasteiger charge is 2.59. The Balaban J connectivity index is 1.62. The standard InChI is InChI=1S/C17H28O/c1-11-3-2-4-14(5-11)17(18)15-7-12-6-13(9-15)10-16(17)8-12/h11-16,18H,2-10H2,1H3. The molecule has 0 amide bonds. The summed E-state index contributed by atoms with van der Waals surface area (Å²) in [7, 11) is 0. The topological polar surface area (TPSA) is 20.2 Å². The van der Waals surface area contributed by atoms with Crippen molar-refractivity contribution in [3.63, 3.8) is 0 Å². The molecule has 0 aromatic carbocycles. The van der Waals surface area contributed by atoms with E-state index in [1.54, 1.807) is 0 Å². The van der Waals surface area contributed by atoms with Crippen LogP contribution in [-0.4, -0.2) is 10.7 Å². The second kappa shape index (κ2) is 3.98. The Labute approximate surface area is 111 Å². The zero-order chi connectivity index (χ0) is 12.3. The summed E-state index contributed by atoms with van der Waals surface area (Å²) in [5.41, 5.74) is -0.248. The van der Waals surface area contributed by atoms with Crippen LogP contribution < -0.4 is 0 Å². The summed E-state index contributed by atoms with van der Waals surface area (Å²) >= 11 is 0. The van der Waals surface area contributed by atoms with E-state index < -0.39 is 0 Å². The lowest BCUT2D eigenvalue weighted by Gasteiger charge is -2.62. The first-order valence-corrected chi connectivity index (χ1v) is 8.38. The molecule has 0 saturated heterocycles. The summed E-state index contributed by atoms with van der Waals surface area (Å²) in [6.07, 6.45) is 12.3.